The van der Waals surface area contributed by atoms with E-state index in [0.29, 0.717) is 16.9 Å². The molecule has 16 heavy (non-hydrogen) atoms. The van der Waals surface area contributed by atoms with E-state index in [-0.39, 0.29) is 0 Å². The van der Waals surface area contributed by atoms with Gasteiger partial charge in [0.2, 0.25) is 5.82 Å². The average Bonchev–Trinajstić information content (AvgIpc) is 2.84. The Kier molecular flexibility index (Phi) is 1.73. The molecule has 7 nitrogen and oxygen atoms in total. The molecule has 0 aliphatic carbocycles. The van der Waals surface area contributed by atoms with Gasteiger partial charge in [0.05, 0.1) is 11.9 Å². The summed E-state index contributed by atoms with van der Waals surface area (Å²) in [5.41, 5.74) is 3.26. The molecule has 0 atom stereocenters. The second kappa shape index (κ2) is 3.09. The van der Waals surface area contributed by atoms with Crippen molar-refractivity contribution in [1.29, 1.82) is 0 Å². The van der Waals surface area contributed by atoms with Gasteiger partial charge in [-0.15, -0.1) is 5.10 Å². The van der Waals surface area contributed by atoms with Crippen LogP contribution in [0, 0.1) is 13.8 Å². The topological polar surface area (TPSA) is 85.2 Å². The molecule has 3 rings (SSSR count). The van der Waals surface area contributed by atoms with Crippen molar-refractivity contribution >= 4 is 11.0 Å². The van der Waals surface area contributed by atoms with Crippen LogP contribution in [0.15, 0.2) is 12.3 Å². The number of H-pyrrole nitrogens is 1. The van der Waals surface area contributed by atoms with Crippen molar-refractivity contribution in [2.24, 2.45) is 0 Å². The normalized spacial score (nSPS) is 11.1. The zero-order valence-electron chi connectivity index (χ0n) is 8.84. The van der Waals surface area contributed by atoms with Gasteiger partial charge >= 0.3 is 0 Å². The molecule has 3 aromatic heterocycles. The lowest BCUT2D eigenvalue weighted by molar-refractivity contribution is 0.788. The molecule has 0 unspecified atom stereocenters. The lowest BCUT2D eigenvalue weighted by atomic mass is 10.4. The van der Waals surface area contributed by atoms with Crippen molar-refractivity contribution in [2.45, 2.75) is 13.8 Å². The van der Waals surface area contributed by atoms with Crippen LogP contribution in [-0.2, 0) is 0 Å². The van der Waals surface area contributed by atoms with Crippen molar-refractivity contribution in [3.63, 3.8) is 0 Å². The molecule has 0 fully saturated rings. The van der Waals surface area contributed by atoms with Crippen molar-refractivity contribution < 1.29 is 0 Å². The molecule has 3 heterocycles. The molecular weight excluding hydrogens is 206 g/mol. The van der Waals surface area contributed by atoms with Gasteiger partial charge in [0.1, 0.15) is 5.52 Å². The predicted molar refractivity (Wildman–Crippen MR) is 56.1 cm³/mol. The third-order valence-electron chi connectivity index (χ3n) is 2.33. The number of hydrogen-bond donors (Lipinski definition) is 1. The second-order valence-corrected chi connectivity index (χ2v) is 3.56. The van der Waals surface area contributed by atoms with E-state index in [1.807, 2.05) is 19.9 Å². The van der Waals surface area contributed by atoms with E-state index in [4.69, 9.17) is 0 Å². The van der Waals surface area contributed by atoms with E-state index in [2.05, 4.69) is 30.7 Å². The molecule has 3 aromatic rings. The molecule has 80 valence electrons. The summed E-state index contributed by atoms with van der Waals surface area (Å²) in [6.45, 7) is 3.89. The number of aromatic amines is 1. The van der Waals surface area contributed by atoms with Crippen LogP contribution in [0.3, 0.4) is 0 Å². The highest BCUT2D eigenvalue weighted by Crippen LogP contribution is 2.15. The minimum atomic E-state index is 0.594. The van der Waals surface area contributed by atoms with Crippen molar-refractivity contribution in [3.05, 3.63) is 23.7 Å². The zero-order chi connectivity index (χ0) is 11.1. The molecule has 0 aliphatic rings. The first-order chi connectivity index (χ1) is 7.75. The Labute approximate surface area is 90.5 Å². The highest BCUT2D eigenvalue weighted by molar-refractivity contribution is 5.79. The van der Waals surface area contributed by atoms with Gasteiger partial charge < -0.3 is 0 Å². The Morgan fingerprint density at radius 3 is 2.88 bits per heavy atom. The fourth-order valence-corrected chi connectivity index (χ4v) is 1.67. The maximum atomic E-state index is 4.34. The minimum absolute atomic E-state index is 0.594. The summed E-state index contributed by atoms with van der Waals surface area (Å²) < 4.78 is 1.72. The van der Waals surface area contributed by atoms with Gasteiger partial charge in [0.15, 0.2) is 5.52 Å². The standard InChI is InChI=1S/C9H9N7/c1-5-3-6(2)16(14-5)9-8-7(4-10-13-9)11-15-12-8/h3-4H,1-2H3,(H,11,12,15). The van der Waals surface area contributed by atoms with E-state index in [9.17, 15) is 0 Å². The van der Waals surface area contributed by atoms with Gasteiger partial charge in [-0.2, -0.15) is 25.6 Å². The van der Waals surface area contributed by atoms with Gasteiger partial charge in [0.25, 0.3) is 0 Å². The fourth-order valence-electron chi connectivity index (χ4n) is 1.67. The molecular formula is C9H9N7. The summed E-state index contributed by atoms with van der Waals surface area (Å²) >= 11 is 0. The maximum Gasteiger partial charge on any atom is 0.206 e. The molecule has 0 aliphatic heterocycles. The van der Waals surface area contributed by atoms with Crippen molar-refractivity contribution in [2.75, 3.05) is 0 Å². The molecule has 7 heteroatoms. The number of rotatable bonds is 1. The van der Waals surface area contributed by atoms with Crippen LogP contribution in [0.25, 0.3) is 16.9 Å². The van der Waals surface area contributed by atoms with Crippen LogP contribution in [0.5, 0.6) is 0 Å². The summed E-state index contributed by atoms with van der Waals surface area (Å²) in [6.07, 6.45) is 1.56. The smallest absolute Gasteiger partial charge is 0.206 e. The maximum absolute atomic E-state index is 4.34. The summed E-state index contributed by atoms with van der Waals surface area (Å²) in [6, 6.07) is 1.97. The monoisotopic (exact) mass is 215 g/mol. The highest BCUT2D eigenvalue weighted by atomic mass is 15.4. The second-order valence-electron chi connectivity index (χ2n) is 3.56. The molecule has 0 saturated carbocycles. The van der Waals surface area contributed by atoms with Gasteiger partial charge in [-0.1, -0.05) is 0 Å². The van der Waals surface area contributed by atoms with Crippen molar-refractivity contribution in [3.8, 4) is 5.82 Å². The van der Waals surface area contributed by atoms with Crippen LogP contribution in [0.4, 0.5) is 0 Å². The third kappa shape index (κ3) is 1.18. The lowest BCUT2D eigenvalue weighted by Gasteiger charge is -2.01. The molecule has 0 bridgehead atoms. The molecule has 0 radical (unpaired) electrons. The van der Waals surface area contributed by atoms with Gasteiger partial charge in [0, 0.05) is 5.69 Å². The van der Waals surface area contributed by atoms with Crippen LogP contribution < -0.4 is 0 Å². The first kappa shape index (κ1) is 8.96. The van der Waals surface area contributed by atoms with Gasteiger partial charge in [-0.25, -0.2) is 4.68 Å². The van der Waals surface area contributed by atoms with Crippen LogP contribution in [-0.4, -0.2) is 35.4 Å². The van der Waals surface area contributed by atoms with Gasteiger partial charge in [-0.05, 0) is 19.9 Å². The zero-order valence-corrected chi connectivity index (χ0v) is 8.84. The third-order valence-corrected chi connectivity index (χ3v) is 2.33. The lowest BCUT2D eigenvalue weighted by Crippen LogP contribution is -2.04. The Morgan fingerprint density at radius 1 is 1.25 bits per heavy atom. The molecule has 0 saturated heterocycles. The first-order valence-corrected chi connectivity index (χ1v) is 4.81. The van der Waals surface area contributed by atoms with E-state index in [0.717, 1.165) is 11.4 Å². The number of aryl methyl sites for hydroxylation is 2. The molecule has 0 spiro atoms. The predicted octanol–water partition coefficient (Wildman–Crippen LogP) is 0.550. The minimum Gasteiger partial charge on any atom is -0.216 e. The van der Waals surface area contributed by atoms with E-state index >= 15 is 0 Å². The quantitative estimate of drug-likeness (QED) is 0.640. The van der Waals surface area contributed by atoms with Crippen LogP contribution >= 0.6 is 0 Å². The number of fused-ring (bicyclic) bond motifs is 1. The van der Waals surface area contributed by atoms with Gasteiger partial charge in [-0.3, -0.25) is 0 Å². The SMILES string of the molecule is Cc1cc(C)n(-c2nncc3n[nH]nc23)n1. The highest BCUT2D eigenvalue weighted by Gasteiger charge is 2.12. The fraction of sp³-hybridized carbons (Fsp3) is 0.222. The van der Waals surface area contributed by atoms with Crippen LogP contribution in [0.1, 0.15) is 11.4 Å². The molecule has 0 aromatic carbocycles. The number of nitrogens with one attached hydrogen (secondary N) is 1. The number of nitrogens with zero attached hydrogens (tertiary/aromatic N) is 6. The largest absolute Gasteiger partial charge is 0.216 e. The summed E-state index contributed by atoms with van der Waals surface area (Å²) in [7, 11) is 0. The summed E-state index contributed by atoms with van der Waals surface area (Å²) in [5.74, 6) is 0.594. The Bertz CT molecular complexity index is 651. The summed E-state index contributed by atoms with van der Waals surface area (Å²) in [5, 5.41) is 22.8. The van der Waals surface area contributed by atoms with Crippen LogP contribution in [0.2, 0.25) is 0 Å². The molecule has 1 N–H and O–H groups in total. The Balaban J connectivity index is 2.33. The van der Waals surface area contributed by atoms with E-state index < -0.39 is 0 Å². The Hall–Kier alpha value is -2.31. The number of aromatic nitrogens is 7. The molecule has 0 amide bonds. The Morgan fingerprint density at radius 2 is 2.12 bits per heavy atom. The van der Waals surface area contributed by atoms with E-state index in [1.165, 1.54) is 0 Å². The number of hydrogen-bond acceptors (Lipinski definition) is 5. The summed E-state index contributed by atoms with van der Waals surface area (Å²) in [4.78, 5) is 0. The van der Waals surface area contributed by atoms with E-state index in [1.54, 1.807) is 10.9 Å². The average molecular weight is 215 g/mol. The van der Waals surface area contributed by atoms with Crippen molar-refractivity contribution in [1.82, 2.24) is 35.4 Å². The first-order valence-electron chi connectivity index (χ1n) is 4.81.